The van der Waals surface area contributed by atoms with Gasteiger partial charge in [-0.2, -0.15) is 13.2 Å². The van der Waals surface area contributed by atoms with Crippen molar-refractivity contribution in [3.05, 3.63) is 58.9 Å². The first-order chi connectivity index (χ1) is 13.8. The summed E-state index contributed by atoms with van der Waals surface area (Å²) in [6.45, 7) is 0.343. The Morgan fingerprint density at radius 2 is 1.72 bits per heavy atom. The molecule has 0 aliphatic heterocycles. The molecule has 0 bridgehead atoms. The van der Waals surface area contributed by atoms with E-state index in [4.69, 9.17) is 9.47 Å². The molecule has 0 aromatic heterocycles. The summed E-state index contributed by atoms with van der Waals surface area (Å²) in [5.41, 5.74) is -0.0870. The highest BCUT2D eigenvalue weighted by atomic mass is 19.4. The Morgan fingerprint density at radius 3 is 2.34 bits per heavy atom. The monoisotopic (exact) mass is 413 g/mol. The van der Waals surface area contributed by atoms with Gasteiger partial charge in [-0.1, -0.05) is 12.1 Å². The molecule has 0 amide bonds. The van der Waals surface area contributed by atoms with Crippen LogP contribution >= 0.6 is 0 Å². The van der Waals surface area contributed by atoms with Crippen LogP contribution in [0.2, 0.25) is 0 Å². The first-order valence-corrected chi connectivity index (χ1v) is 8.79. The molecule has 2 N–H and O–H groups in total. The van der Waals surface area contributed by atoms with Crippen molar-refractivity contribution in [2.24, 2.45) is 4.99 Å². The largest absolute Gasteiger partial charge is 0.493 e. The summed E-state index contributed by atoms with van der Waals surface area (Å²) in [4.78, 5) is 4.00. The molecular weight excluding hydrogens is 390 g/mol. The van der Waals surface area contributed by atoms with E-state index in [9.17, 15) is 17.6 Å². The molecule has 0 spiro atoms. The van der Waals surface area contributed by atoms with E-state index in [-0.39, 0.29) is 12.1 Å². The number of nitrogens with one attached hydrogen (secondary N) is 2. The van der Waals surface area contributed by atoms with Crippen molar-refractivity contribution in [3.63, 3.8) is 0 Å². The first-order valence-electron chi connectivity index (χ1n) is 8.79. The van der Waals surface area contributed by atoms with Crippen LogP contribution in [0.4, 0.5) is 17.6 Å². The second-order valence-electron chi connectivity index (χ2n) is 6.09. The number of methoxy groups -OCH3 is 2. The Bertz CT molecular complexity index is 854. The van der Waals surface area contributed by atoms with E-state index in [1.807, 2.05) is 12.1 Å². The number of aliphatic imine (C=N–C) groups is 1. The van der Waals surface area contributed by atoms with Crippen molar-refractivity contribution in [3.8, 4) is 11.5 Å². The lowest BCUT2D eigenvalue weighted by Crippen LogP contribution is -2.38. The lowest BCUT2D eigenvalue weighted by molar-refractivity contribution is -0.138. The Kier molecular flexibility index (Phi) is 7.69. The molecular formula is C20H23F4N3O2. The predicted molar refractivity (Wildman–Crippen MR) is 103 cm³/mol. The van der Waals surface area contributed by atoms with Gasteiger partial charge in [-0.05, 0) is 41.8 Å². The van der Waals surface area contributed by atoms with Gasteiger partial charge in [0.15, 0.2) is 17.5 Å². The van der Waals surface area contributed by atoms with E-state index >= 15 is 0 Å². The van der Waals surface area contributed by atoms with Gasteiger partial charge in [-0.3, -0.25) is 4.99 Å². The highest BCUT2D eigenvalue weighted by Crippen LogP contribution is 2.32. The Morgan fingerprint density at radius 1 is 1.00 bits per heavy atom. The number of hydrogen-bond donors (Lipinski definition) is 2. The maximum Gasteiger partial charge on any atom is 0.416 e. The molecule has 2 aromatic carbocycles. The van der Waals surface area contributed by atoms with Gasteiger partial charge in [-0.15, -0.1) is 0 Å². The van der Waals surface area contributed by atoms with Crippen molar-refractivity contribution in [2.45, 2.75) is 19.1 Å². The van der Waals surface area contributed by atoms with Crippen LogP contribution in [-0.4, -0.2) is 33.8 Å². The number of benzene rings is 2. The Hall–Kier alpha value is -2.97. The molecule has 2 aromatic rings. The minimum absolute atomic E-state index is 0.0678. The van der Waals surface area contributed by atoms with Crippen molar-refractivity contribution < 1.29 is 27.0 Å². The zero-order valence-electron chi connectivity index (χ0n) is 16.4. The summed E-state index contributed by atoms with van der Waals surface area (Å²) in [5, 5.41) is 5.85. The number of halogens is 4. The fourth-order valence-electron chi connectivity index (χ4n) is 2.73. The molecule has 0 saturated carbocycles. The topological polar surface area (TPSA) is 54.9 Å². The molecule has 2 rings (SSSR count). The summed E-state index contributed by atoms with van der Waals surface area (Å²) >= 11 is 0. The van der Waals surface area contributed by atoms with Crippen LogP contribution in [0.3, 0.4) is 0 Å². The van der Waals surface area contributed by atoms with Gasteiger partial charge in [0.05, 0.1) is 19.8 Å². The van der Waals surface area contributed by atoms with Crippen LogP contribution in [0.1, 0.15) is 16.7 Å². The molecule has 9 heteroatoms. The fourth-order valence-corrected chi connectivity index (χ4v) is 2.73. The third-order valence-corrected chi connectivity index (χ3v) is 4.20. The first kappa shape index (κ1) is 22.3. The number of guanidine groups is 1. The van der Waals surface area contributed by atoms with Crippen LogP contribution < -0.4 is 20.1 Å². The number of nitrogens with zero attached hydrogens (tertiary/aromatic N) is 1. The predicted octanol–water partition coefficient (Wildman–Crippen LogP) is 3.77. The average Bonchev–Trinajstić information content (AvgIpc) is 2.70. The molecule has 0 aliphatic carbocycles. The SMILES string of the molecule is CN=C(NCCc1ccc(OC)c(OC)c1)NCc1ccc(F)cc1C(F)(F)F. The van der Waals surface area contributed by atoms with Gasteiger partial charge >= 0.3 is 6.18 Å². The van der Waals surface area contributed by atoms with Crippen LogP contribution in [0.5, 0.6) is 11.5 Å². The molecule has 158 valence electrons. The summed E-state index contributed by atoms with van der Waals surface area (Å²) in [5.74, 6) is 0.645. The second kappa shape index (κ2) is 9.99. The quantitative estimate of drug-likeness (QED) is 0.412. The summed E-state index contributed by atoms with van der Waals surface area (Å²) < 4.78 is 62.9. The zero-order chi connectivity index (χ0) is 21.4. The van der Waals surface area contributed by atoms with E-state index in [0.29, 0.717) is 36.5 Å². The molecule has 0 radical (unpaired) electrons. The van der Waals surface area contributed by atoms with Crippen LogP contribution in [-0.2, 0) is 19.1 Å². The van der Waals surface area contributed by atoms with Gasteiger partial charge < -0.3 is 20.1 Å². The number of ether oxygens (including phenoxy) is 2. The highest BCUT2D eigenvalue weighted by Gasteiger charge is 2.33. The molecule has 0 atom stereocenters. The maximum absolute atomic E-state index is 13.2. The van der Waals surface area contributed by atoms with Crippen LogP contribution in [0.25, 0.3) is 0 Å². The average molecular weight is 413 g/mol. The van der Waals surface area contributed by atoms with Crippen molar-refractivity contribution in [1.82, 2.24) is 10.6 Å². The van der Waals surface area contributed by atoms with Gasteiger partial charge in [0.2, 0.25) is 0 Å². The van der Waals surface area contributed by atoms with Crippen molar-refractivity contribution in [1.29, 1.82) is 0 Å². The van der Waals surface area contributed by atoms with E-state index in [1.54, 1.807) is 20.3 Å². The van der Waals surface area contributed by atoms with Crippen LogP contribution in [0.15, 0.2) is 41.4 Å². The number of rotatable bonds is 7. The highest BCUT2D eigenvalue weighted by molar-refractivity contribution is 5.79. The molecule has 5 nitrogen and oxygen atoms in total. The third kappa shape index (κ3) is 6.27. The van der Waals surface area contributed by atoms with Gasteiger partial charge in [-0.25, -0.2) is 4.39 Å². The fraction of sp³-hybridized carbons (Fsp3) is 0.350. The molecule has 0 unspecified atom stereocenters. The molecule has 0 heterocycles. The Labute approximate surface area is 166 Å². The lowest BCUT2D eigenvalue weighted by atomic mass is 10.1. The van der Waals surface area contributed by atoms with Crippen molar-refractivity contribution in [2.75, 3.05) is 27.8 Å². The van der Waals surface area contributed by atoms with Crippen LogP contribution in [0, 0.1) is 5.82 Å². The molecule has 0 fully saturated rings. The Balaban J connectivity index is 1.94. The summed E-state index contributed by atoms with van der Waals surface area (Å²) in [7, 11) is 4.62. The maximum atomic E-state index is 13.2. The van der Waals surface area contributed by atoms with E-state index in [2.05, 4.69) is 15.6 Å². The lowest BCUT2D eigenvalue weighted by Gasteiger charge is -2.16. The number of hydrogen-bond acceptors (Lipinski definition) is 3. The summed E-state index contributed by atoms with van der Waals surface area (Å²) in [6.07, 6.45) is -4.01. The molecule has 0 saturated heterocycles. The van der Waals surface area contributed by atoms with E-state index in [0.717, 1.165) is 17.7 Å². The minimum Gasteiger partial charge on any atom is -0.493 e. The zero-order valence-corrected chi connectivity index (χ0v) is 16.4. The van der Waals surface area contributed by atoms with Gasteiger partial charge in [0, 0.05) is 20.1 Å². The minimum atomic E-state index is -4.64. The normalized spacial score (nSPS) is 11.9. The number of alkyl halides is 3. The van der Waals surface area contributed by atoms with Gasteiger partial charge in [0.1, 0.15) is 5.82 Å². The summed E-state index contributed by atoms with van der Waals surface area (Å²) in [6, 6.07) is 8.15. The van der Waals surface area contributed by atoms with Crippen molar-refractivity contribution >= 4 is 5.96 Å². The molecule has 29 heavy (non-hydrogen) atoms. The molecule has 0 aliphatic rings. The van der Waals surface area contributed by atoms with Gasteiger partial charge in [0.25, 0.3) is 0 Å². The third-order valence-electron chi connectivity index (χ3n) is 4.20. The second-order valence-corrected chi connectivity index (χ2v) is 6.09. The smallest absolute Gasteiger partial charge is 0.416 e. The van der Waals surface area contributed by atoms with E-state index in [1.165, 1.54) is 7.05 Å². The van der Waals surface area contributed by atoms with E-state index < -0.39 is 17.6 Å². The standard InChI is InChI=1S/C20H23F4N3O2/c1-25-19(26-9-8-13-4-7-17(28-2)18(10-13)29-3)27-12-14-5-6-15(21)11-16(14)20(22,23)24/h4-7,10-11H,8-9,12H2,1-3H3,(H2,25,26,27).